The first-order valence-electron chi connectivity index (χ1n) is 4.74. The third-order valence-corrected chi connectivity index (χ3v) is 3.47. The van der Waals surface area contributed by atoms with Crippen molar-refractivity contribution in [1.82, 2.24) is 4.57 Å². The Labute approximate surface area is 103 Å². The second kappa shape index (κ2) is 4.19. The molecule has 2 aromatic rings. The van der Waals surface area contributed by atoms with Gasteiger partial charge >= 0.3 is 0 Å². The van der Waals surface area contributed by atoms with Crippen molar-refractivity contribution in [2.75, 3.05) is 0 Å². The van der Waals surface area contributed by atoms with E-state index in [0.29, 0.717) is 5.69 Å². The highest BCUT2D eigenvalue weighted by Gasteiger charge is 2.15. The molecule has 6 heteroatoms. The maximum atomic E-state index is 13.1. The molecule has 1 aromatic carbocycles. The molecule has 1 heterocycles. The highest BCUT2D eigenvalue weighted by molar-refractivity contribution is 9.10. The lowest BCUT2D eigenvalue weighted by Gasteiger charge is -2.12. The molecule has 90 valence electrons. The van der Waals surface area contributed by atoms with Crippen molar-refractivity contribution >= 4 is 26.8 Å². The number of hydrogen-bond donors (Lipinski definition) is 1. The second-order valence-electron chi connectivity index (χ2n) is 3.59. The maximum Gasteiger partial charge on any atom is 0.204 e. The van der Waals surface area contributed by atoms with Crippen LogP contribution in [0.4, 0.5) is 8.78 Å². The predicted octanol–water partition coefficient (Wildman–Crippen LogP) is 2.07. The molecule has 0 saturated heterocycles. The van der Waals surface area contributed by atoms with Gasteiger partial charge < -0.3 is 9.67 Å². The summed E-state index contributed by atoms with van der Waals surface area (Å²) in [5.74, 6) is -2.10. The zero-order valence-corrected chi connectivity index (χ0v) is 10.4. The Morgan fingerprint density at radius 3 is 2.53 bits per heavy atom. The standard InChI is InChI=1S/C11H8BrF2NO2/c1-15-8-3-7(14)6(13)2-5(8)11(17)10(12)9(15)4-16/h2-3,16H,4H2,1H3. The van der Waals surface area contributed by atoms with E-state index in [9.17, 15) is 13.6 Å². The summed E-state index contributed by atoms with van der Waals surface area (Å²) in [5, 5.41) is 9.21. The molecule has 0 atom stereocenters. The van der Waals surface area contributed by atoms with Crippen LogP contribution in [0.3, 0.4) is 0 Å². The van der Waals surface area contributed by atoms with Gasteiger partial charge in [0.1, 0.15) is 0 Å². The van der Waals surface area contributed by atoms with Gasteiger partial charge in [-0.05, 0) is 22.0 Å². The van der Waals surface area contributed by atoms with Gasteiger partial charge in [0.25, 0.3) is 0 Å². The number of hydrogen-bond acceptors (Lipinski definition) is 2. The number of aryl methyl sites for hydroxylation is 1. The summed E-state index contributed by atoms with van der Waals surface area (Å²) in [6.45, 7) is -0.374. The Balaban J connectivity index is 3.04. The molecule has 0 fully saturated rings. The summed E-state index contributed by atoms with van der Waals surface area (Å²) < 4.78 is 27.8. The molecule has 1 N–H and O–H groups in total. The number of nitrogens with zero attached hydrogens (tertiary/aromatic N) is 1. The number of rotatable bonds is 1. The fourth-order valence-corrected chi connectivity index (χ4v) is 2.32. The smallest absolute Gasteiger partial charge is 0.204 e. The van der Waals surface area contributed by atoms with Gasteiger partial charge in [-0.25, -0.2) is 8.78 Å². The van der Waals surface area contributed by atoms with Crippen LogP contribution in [0.15, 0.2) is 21.4 Å². The van der Waals surface area contributed by atoms with Crippen LogP contribution in [0.1, 0.15) is 5.69 Å². The van der Waals surface area contributed by atoms with Crippen LogP contribution >= 0.6 is 15.9 Å². The molecule has 1 aromatic heterocycles. The Hall–Kier alpha value is -1.27. The summed E-state index contributed by atoms with van der Waals surface area (Å²) in [4.78, 5) is 11.9. The number of fused-ring (bicyclic) bond motifs is 1. The number of aliphatic hydroxyl groups is 1. The van der Waals surface area contributed by atoms with Gasteiger partial charge in [0.2, 0.25) is 5.43 Å². The van der Waals surface area contributed by atoms with Crippen molar-refractivity contribution in [3.05, 3.63) is 44.2 Å². The first-order chi connectivity index (χ1) is 7.97. The summed E-state index contributed by atoms with van der Waals surface area (Å²) in [7, 11) is 1.56. The van der Waals surface area contributed by atoms with Crippen molar-refractivity contribution in [3.8, 4) is 0 Å². The molecule has 0 radical (unpaired) electrons. The Morgan fingerprint density at radius 1 is 1.35 bits per heavy atom. The van der Waals surface area contributed by atoms with Gasteiger partial charge in [-0.1, -0.05) is 0 Å². The summed E-state index contributed by atoms with van der Waals surface area (Å²) in [6, 6.07) is 1.80. The van der Waals surface area contributed by atoms with E-state index >= 15 is 0 Å². The minimum Gasteiger partial charge on any atom is -0.390 e. The van der Waals surface area contributed by atoms with E-state index < -0.39 is 17.1 Å². The second-order valence-corrected chi connectivity index (χ2v) is 4.38. The Kier molecular flexibility index (Phi) is 3.01. The van der Waals surface area contributed by atoms with E-state index in [4.69, 9.17) is 5.11 Å². The van der Waals surface area contributed by atoms with Crippen LogP contribution in [0.25, 0.3) is 10.9 Å². The van der Waals surface area contributed by atoms with Crippen LogP contribution in [0, 0.1) is 11.6 Å². The molecule has 0 amide bonds. The first-order valence-corrected chi connectivity index (χ1v) is 5.53. The van der Waals surface area contributed by atoms with Crippen LogP contribution in [0.2, 0.25) is 0 Å². The molecule has 3 nitrogen and oxygen atoms in total. The molecule has 0 bridgehead atoms. The zero-order valence-electron chi connectivity index (χ0n) is 8.80. The number of aliphatic hydroxyl groups excluding tert-OH is 1. The molecule has 0 aliphatic carbocycles. The topological polar surface area (TPSA) is 42.2 Å². The van der Waals surface area contributed by atoms with Crippen LogP contribution in [-0.4, -0.2) is 9.67 Å². The number of aromatic nitrogens is 1. The predicted molar refractivity (Wildman–Crippen MR) is 62.7 cm³/mol. The van der Waals surface area contributed by atoms with E-state index in [-0.39, 0.29) is 22.0 Å². The molecular weight excluding hydrogens is 296 g/mol. The molecule has 0 aliphatic rings. The van der Waals surface area contributed by atoms with Crippen molar-refractivity contribution in [2.45, 2.75) is 6.61 Å². The average Bonchev–Trinajstić information content (AvgIpc) is 2.30. The number of halogens is 3. The van der Waals surface area contributed by atoms with E-state index in [1.807, 2.05) is 0 Å². The maximum absolute atomic E-state index is 13.1. The molecule has 0 spiro atoms. The highest BCUT2D eigenvalue weighted by Crippen LogP contribution is 2.21. The molecular formula is C11H8BrF2NO2. The fraction of sp³-hybridized carbons (Fsp3) is 0.182. The van der Waals surface area contributed by atoms with E-state index in [1.165, 1.54) is 4.57 Å². The Bertz CT molecular complexity index is 667. The van der Waals surface area contributed by atoms with Crippen LogP contribution in [-0.2, 0) is 13.7 Å². The quantitative estimate of drug-likeness (QED) is 0.876. The highest BCUT2D eigenvalue weighted by atomic mass is 79.9. The van der Waals surface area contributed by atoms with Crippen molar-refractivity contribution in [2.24, 2.45) is 7.05 Å². The third kappa shape index (κ3) is 1.77. The lowest BCUT2D eigenvalue weighted by Crippen LogP contribution is -2.15. The van der Waals surface area contributed by atoms with Gasteiger partial charge in [0.15, 0.2) is 11.6 Å². The average molecular weight is 304 g/mol. The van der Waals surface area contributed by atoms with Gasteiger partial charge in [-0.15, -0.1) is 0 Å². The Morgan fingerprint density at radius 2 is 1.94 bits per heavy atom. The summed E-state index contributed by atoms with van der Waals surface area (Å²) >= 11 is 3.05. The van der Waals surface area contributed by atoms with E-state index in [2.05, 4.69) is 15.9 Å². The molecule has 2 rings (SSSR count). The lowest BCUT2D eigenvalue weighted by molar-refractivity contribution is 0.271. The monoisotopic (exact) mass is 303 g/mol. The zero-order chi connectivity index (χ0) is 12.7. The van der Waals surface area contributed by atoms with Gasteiger partial charge in [-0.2, -0.15) is 0 Å². The molecule has 17 heavy (non-hydrogen) atoms. The van der Waals surface area contributed by atoms with Crippen LogP contribution in [0.5, 0.6) is 0 Å². The molecule has 0 saturated carbocycles. The van der Waals surface area contributed by atoms with Crippen molar-refractivity contribution in [3.63, 3.8) is 0 Å². The van der Waals surface area contributed by atoms with Crippen molar-refractivity contribution in [1.29, 1.82) is 0 Å². The van der Waals surface area contributed by atoms with E-state index in [1.54, 1.807) is 7.05 Å². The molecule has 0 aliphatic heterocycles. The third-order valence-electron chi connectivity index (χ3n) is 2.65. The van der Waals surface area contributed by atoms with E-state index in [0.717, 1.165) is 12.1 Å². The van der Waals surface area contributed by atoms with Gasteiger partial charge in [0.05, 0.1) is 22.3 Å². The number of pyridine rings is 1. The number of benzene rings is 1. The minimum atomic E-state index is -1.07. The van der Waals surface area contributed by atoms with Gasteiger partial charge in [0, 0.05) is 18.5 Å². The van der Waals surface area contributed by atoms with Crippen LogP contribution < -0.4 is 5.43 Å². The SMILES string of the molecule is Cn1c(CO)c(Br)c(=O)c2cc(F)c(F)cc21. The van der Waals surface area contributed by atoms with Gasteiger partial charge in [-0.3, -0.25) is 4.79 Å². The summed E-state index contributed by atoms with van der Waals surface area (Å²) in [5.41, 5.74) is 0.0794. The van der Waals surface area contributed by atoms with Crippen molar-refractivity contribution < 1.29 is 13.9 Å². The molecule has 0 unspecified atom stereocenters. The summed E-state index contributed by atoms with van der Waals surface area (Å²) in [6.07, 6.45) is 0. The normalized spacial score (nSPS) is 11.1. The first kappa shape index (κ1) is 12.2. The largest absolute Gasteiger partial charge is 0.390 e. The fourth-order valence-electron chi connectivity index (χ4n) is 1.71. The minimum absolute atomic E-state index is 0.0653. The lowest BCUT2D eigenvalue weighted by atomic mass is 10.1.